The van der Waals surface area contributed by atoms with Crippen LogP contribution < -0.4 is 0 Å². The number of ether oxygens (including phenoxy) is 1. The Hall–Kier alpha value is -1.73. The molecular weight excluding hydrogens is 312 g/mol. The molecule has 4 rings (SSSR count). The van der Waals surface area contributed by atoms with Gasteiger partial charge in [-0.3, -0.25) is 4.79 Å². The van der Waals surface area contributed by atoms with Crippen molar-refractivity contribution in [3.63, 3.8) is 0 Å². The summed E-state index contributed by atoms with van der Waals surface area (Å²) in [6.07, 6.45) is 6.66. The molecule has 1 amide bonds. The van der Waals surface area contributed by atoms with Crippen LogP contribution in [0.1, 0.15) is 41.8 Å². The summed E-state index contributed by atoms with van der Waals surface area (Å²) in [7, 11) is 0. The minimum atomic E-state index is -0.0794. The van der Waals surface area contributed by atoms with Crippen LogP contribution in [0.3, 0.4) is 0 Å². The Bertz CT molecular complexity index is 669. The first-order valence-corrected chi connectivity index (χ1v) is 8.99. The summed E-state index contributed by atoms with van der Waals surface area (Å²) in [4.78, 5) is 20.1. The maximum absolute atomic E-state index is 12.7. The Labute approximate surface area is 139 Å². The molecule has 1 fully saturated rings. The minimum absolute atomic E-state index is 0.0794. The molecule has 0 radical (unpaired) electrons. The number of carbonyl (C=O) groups excluding carboxylic acids is 1. The summed E-state index contributed by atoms with van der Waals surface area (Å²) in [5.74, 6) is 0.180. The summed E-state index contributed by atoms with van der Waals surface area (Å²) in [5, 5.41) is 6.31. The highest BCUT2D eigenvalue weighted by molar-refractivity contribution is 7.10. The van der Waals surface area contributed by atoms with Crippen molar-refractivity contribution in [3.05, 3.63) is 34.5 Å². The molecule has 6 nitrogen and oxygen atoms in total. The van der Waals surface area contributed by atoms with Gasteiger partial charge in [-0.2, -0.15) is 5.10 Å². The zero-order chi connectivity index (χ0) is 15.6. The second-order valence-electron chi connectivity index (χ2n) is 6.12. The second-order valence-corrected chi connectivity index (χ2v) is 7.12. The van der Waals surface area contributed by atoms with Gasteiger partial charge in [0.15, 0.2) is 0 Å². The molecule has 2 aliphatic rings. The van der Waals surface area contributed by atoms with Crippen molar-refractivity contribution in [2.75, 3.05) is 19.7 Å². The third kappa shape index (κ3) is 3.03. The van der Waals surface area contributed by atoms with E-state index in [1.807, 2.05) is 9.58 Å². The summed E-state index contributed by atoms with van der Waals surface area (Å²) >= 11 is 1.77. The number of amides is 1. The number of nitrogens with zero attached hydrogens (tertiary/aromatic N) is 4. The van der Waals surface area contributed by atoms with Crippen molar-refractivity contribution >= 4 is 17.2 Å². The summed E-state index contributed by atoms with van der Waals surface area (Å²) < 4.78 is 7.72. The normalized spacial score (nSPS) is 24.4. The topological polar surface area (TPSA) is 60.2 Å². The molecule has 2 aromatic rings. The lowest BCUT2D eigenvalue weighted by Crippen LogP contribution is -2.41. The van der Waals surface area contributed by atoms with Gasteiger partial charge >= 0.3 is 0 Å². The molecule has 122 valence electrons. The Kier molecular flexibility index (Phi) is 4.13. The van der Waals surface area contributed by atoms with E-state index in [9.17, 15) is 4.79 Å². The number of hydrogen-bond acceptors (Lipinski definition) is 5. The predicted molar refractivity (Wildman–Crippen MR) is 86.2 cm³/mol. The molecule has 0 aliphatic carbocycles. The number of fused-ring (bicyclic) bond motifs is 1. The van der Waals surface area contributed by atoms with Gasteiger partial charge in [0.2, 0.25) is 5.91 Å². The molecule has 0 unspecified atom stereocenters. The third-order valence-corrected chi connectivity index (χ3v) is 5.69. The van der Waals surface area contributed by atoms with Crippen molar-refractivity contribution in [2.24, 2.45) is 0 Å². The van der Waals surface area contributed by atoms with Crippen molar-refractivity contribution in [3.8, 4) is 0 Å². The van der Waals surface area contributed by atoms with Gasteiger partial charge in [-0.1, -0.05) is 0 Å². The zero-order valence-electron chi connectivity index (χ0n) is 12.9. The van der Waals surface area contributed by atoms with Crippen LogP contribution in [0.15, 0.2) is 24.1 Å². The highest BCUT2D eigenvalue weighted by Crippen LogP contribution is 2.34. The summed E-state index contributed by atoms with van der Waals surface area (Å²) in [6.45, 7) is 2.26. The van der Waals surface area contributed by atoms with Crippen molar-refractivity contribution in [2.45, 2.75) is 37.8 Å². The number of piperidine rings is 1. The maximum atomic E-state index is 12.7. The molecule has 2 aromatic heterocycles. The Morgan fingerprint density at radius 3 is 3.30 bits per heavy atom. The van der Waals surface area contributed by atoms with Crippen LogP contribution in [0.2, 0.25) is 0 Å². The molecule has 0 saturated carbocycles. The predicted octanol–water partition coefficient (Wildman–Crippen LogP) is 2.21. The van der Waals surface area contributed by atoms with E-state index < -0.39 is 0 Å². The fourth-order valence-corrected chi connectivity index (χ4v) is 4.40. The van der Waals surface area contributed by atoms with Gasteiger partial charge in [0.25, 0.3) is 0 Å². The van der Waals surface area contributed by atoms with E-state index in [0.29, 0.717) is 19.6 Å². The van der Waals surface area contributed by atoms with Gasteiger partial charge in [0, 0.05) is 24.4 Å². The number of aromatic nitrogens is 3. The van der Waals surface area contributed by atoms with E-state index in [1.54, 1.807) is 24.0 Å². The molecule has 4 heterocycles. The van der Waals surface area contributed by atoms with Gasteiger partial charge < -0.3 is 9.64 Å². The smallest absolute Gasteiger partial charge is 0.225 e. The van der Waals surface area contributed by atoms with Gasteiger partial charge in [0.1, 0.15) is 12.7 Å². The second kappa shape index (κ2) is 6.41. The van der Waals surface area contributed by atoms with E-state index in [4.69, 9.17) is 4.74 Å². The van der Waals surface area contributed by atoms with Crippen LogP contribution in [-0.2, 0) is 16.0 Å². The monoisotopic (exact) mass is 332 g/mol. The average Bonchev–Trinajstić information content (AvgIpc) is 3.27. The molecule has 23 heavy (non-hydrogen) atoms. The van der Waals surface area contributed by atoms with Crippen LogP contribution in [-0.4, -0.2) is 45.3 Å². The fraction of sp³-hybridized carbons (Fsp3) is 0.562. The lowest BCUT2D eigenvalue weighted by atomic mass is 10.0. The van der Waals surface area contributed by atoms with E-state index in [-0.39, 0.29) is 18.1 Å². The molecular formula is C16H20N4O2S. The Balaban J connectivity index is 1.42. The van der Waals surface area contributed by atoms with Crippen LogP contribution in [0, 0.1) is 0 Å². The maximum Gasteiger partial charge on any atom is 0.225 e. The van der Waals surface area contributed by atoms with Gasteiger partial charge in [-0.05, 0) is 29.9 Å². The minimum Gasteiger partial charge on any atom is -0.373 e. The van der Waals surface area contributed by atoms with E-state index in [0.717, 1.165) is 25.8 Å². The van der Waals surface area contributed by atoms with Crippen molar-refractivity contribution < 1.29 is 9.53 Å². The van der Waals surface area contributed by atoms with Crippen LogP contribution in [0.5, 0.6) is 0 Å². The largest absolute Gasteiger partial charge is 0.373 e. The van der Waals surface area contributed by atoms with Crippen molar-refractivity contribution in [1.29, 1.82) is 0 Å². The fourth-order valence-electron chi connectivity index (χ4n) is 3.48. The van der Waals surface area contributed by atoms with Crippen LogP contribution in [0.25, 0.3) is 0 Å². The van der Waals surface area contributed by atoms with Gasteiger partial charge in [-0.15, -0.1) is 11.3 Å². The van der Waals surface area contributed by atoms with Crippen LogP contribution in [0.4, 0.5) is 0 Å². The first-order chi connectivity index (χ1) is 11.3. The average molecular weight is 332 g/mol. The van der Waals surface area contributed by atoms with E-state index in [1.165, 1.54) is 10.4 Å². The van der Waals surface area contributed by atoms with Crippen LogP contribution >= 0.6 is 11.3 Å². The first-order valence-electron chi connectivity index (χ1n) is 8.11. The SMILES string of the molecule is O=C(C[C@@H]1OCCc2sccc21)N1CCC[C@H](n2cncn2)C1. The van der Waals surface area contributed by atoms with Gasteiger partial charge in [-0.25, -0.2) is 9.67 Å². The first kappa shape index (κ1) is 14.8. The number of rotatable bonds is 3. The molecule has 1 saturated heterocycles. The summed E-state index contributed by atoms with van der Waals surface area (Å²) in [6, 6.07) is 2.34. The third-order valence-electron chi connectivity index (χ3n) is 4.69. The zero-order valence-corrected chi connectivity index (χ0v) is 13.7. The van der Waals surface area contributed by atoms with Gasteiger partial charge in [0.05, 0.1) is 25.2 Å². The summed E-state index contributed by atoms with van der Waals surface area (Å²) in [5.41, 5.74) is 1.21. The lowest BCUT2D eigenvalue weighted by molar-refractivity contribution is -0.136. The van der Waals surface area contributed by atoms with E-state index in [2.05, 4.69) is 21.5 Å². The standard InChI is InChI=1S/C16H20N4O2S/c21-16(8-14-13-4-7-23-15(13)3-6-22-14)19-5-1-2-12(9-19)20-11-17-10-18-20/h4,7,10-12,14H,1-3,5-6,8-9H2/t12-,14-/m0/s1. The number of likely N-dealkylation sites (tertiary alicyclic amines) is 1. The van der Waals surface area contributed by atoms with E-state index >= 15 is 0 Å². The Morgan fingerprint density at radius 1 is 1.48 bits per heavy atom. The molecule has 0 bridgehead atoms. The number of carbonyl (C=O) groups is 1. The molecule has 0 spiro atoms. The lowest BCUT2D eigenvalue weighted by Gasteiger charge is -2.34. The molecule has 2 atom stereocenters. The number of hydrogen-bond donors (Lipinski definition) is 0. The van der Waals surface area contributed by atoms with Crippen molar-refractivity contribution in [1.82, 2.24) is 19.7 Å². The molecule has 0 aromatic carbocycles. The molecule has 0 N–H and O–H groups in total. The highest BCUT2D eigenvalue weighted by atomic mass is 32.1. The highest BCUT2D eigenvalue weighted by Gasteiger charge is 2.29. The molecule has 7 heteroatoms. The Morgan fingerprint density at radius 2 is 2.43 bits per heavy atom. The number of thiophene rings is 1. The molecule has 2 aliphatic heterocycles. The quantitative estimate of drug-likeness (QED) is 0.864.